The molecule has 5 rings (SSSR count). The molecular formula is C18H19FN4O3S. The summed E-state index contributed by atoms with van der Waals surface area (Å²) in [5.74, 6) is 0.203. The second-order valence-corrected chi connectivity index (χ2v) is 8.14. The Labute approximate surface area is 157 Å². The number of ether oxygens (including phenoxy) is 1. The molecule has 0 saturated carbocycles. The van der Waals surface area contributed by atoms with Gasteiger partial charge in [0.25, 0.3) is 5.56 Å². The number of nitrogens with zero attached hydrogens (tertiary/aromatic N) is 2. The minimum absolute atomic E-state index is 0.0803. The molecule has 2 aliphatic rings. The average molecular weight is 390 g/mol. The zero-order chi connectivity index (χ0) is 18.9. The highest BCUT2D eigenvalue weighted by molar-refractivity contribution is 7.12. The van der Waals surface area contributed by atoms with Gasteiger partial charge in [-0.15, -0.1) is 0 Å². The van der Waals surface area contributed by atoms with Crippen LogP contribution in [0.5, 0.6) is 5.75 Å². The lowest BCUT2D eigenvalue weighted by molar-refractivity contribution is 0.250. The second kappa shape index (κ2) is 5.80. The Morgan fingerprint density at radius 2 is 2.26 bits per heavy atom. The number of hydrogen-bond acceptors (Lipinski definition) is 6. The number of rotatable bonds is 2. The smallest absolute Gasteiger partial charge is 0.271 e. The summed E-state index contributed by atoms with van der Waals surface area (Å²) >= 11 is 1.13. The van der Waals surface area contributed by atoms with E-state index in [1.807, 2.05) is 16.4 Å². The molecule has 0 spiro atoms. The molecule has 0 bridgehead atoms. The quantitative estimate of drug-likeness (QED) is 0.696. The van der Waals surface area contributed by atoms with Crippen molar-refractivity contribution in [3.05, 3.63) is 32.5 Å². The zero-order valence-electron chi connectivity index (χ0n) is 14.8. The van der Waals surface area contributed by atoms with E-state index >= 15 is 4.39 Å². The van der Waals surface area contributed by atoms with Gasteiger partial charge in [-0.1, -0.05) is 0 Å². The number of anilines is 1. The van der Waals surface area contributed by atoms with Crippen molar-refractivity contribution in [2.45, 2.75) is 19.4 Å². The van der Waals surface area contributed by atoms with E-state index in [-0.39, 0.29) is 16.8 Å². The first-order chi connectivity index (χ1) is 13.0. The highest BCUT2D eigenvalue weighted by atomic mass is 32.1. The summed E-state index contributed by atoms with van der Waals surface area (Å²) in [4.78, 5) is 27.6. The molecule has 2 aromatic heterocycles. The normalized spacial score (nSPS) is 22.0. The molecule has 1 aromatic carbocycles. The maximum Gasteiger partial charge on any atom is 0.271 e. The summed E-state index contributed by atoms with van der Waals surface area (Å²) in [5.41, 5.74) is 5.85. The van der Waals surface area contributed by atoms with Crippen molar-refractivity contribution in [2.75, 3.05) is 31.1 Å². The van der Waals surface area contributed by atoms with Gasteiger partial charge in [0.15, 0.2) is 11.6 Å². The van der Waals surface area contributed by atoms with Gasteiger partial charge in [-0.2, -0.15) is 0 Å². The molecule has 27 heavy (non-hydrogen) atoms. The van der Waals surface area contributed by atoms with E-state index in [2.05, 4.69) is 4.37 Å². The Kier molecular flexibility index (Phi) is 3.60. The van der Waals surface area contributed by atoms with E-state index in [1.165, 1.54) is 6.07 Å². The molecule has 7 nitrogen and oxygen atoms in total. The van der Waals surface area contributed by atoms with Crippen molar-refractivity contribution in [1.29, 1.82) is 0 Å². The molecule has 142 valence electrons. The van der Waals surface area contributed by atoms with Gasteiger partial charge in [0.2, 0.25) is 5.43 Å². The van der Waals surface area contributed by atoms with Gasteiger partial charge < -0.3 is 19.9 Å². The van der Waals surface area contributed by atoms with Crippen molar-refractivity contribution < 1.29 is 9.13 Å². The maximum atomic E-state index is 15.1. The number of nitrogens with two attached hydrogens (primary N) is 1. The number of fused-ring (bicyclic) bond motifs is 2. The molecule has 3 N–H and O–H groups in total. The summed E-state index contributed by atoms with van der Waals surface area (Å²) in [6.45, 7) is 4.22. The third-order valence-electron chi connectivity index (χ3n) is 5.64. The third kappa shape index (κ3) is 2.21. The fourth-order valence-corrected chi connectivity index (χ4v) is 5.23. The number of pyridine rings is 1. The van der Waals surface area contributed by atoms with Crippen LogP contribution in [0.15, 0.2) is 15.7 Å². The van der Waals surface area contributed by atoms with Crippen LogP contribution in [0.1, 0.15) is 19.4 Å². The van der Waals surface area contributed by atoms with Crippen LogP contribution < -0.4 is 26.4 Å². The van der Waals surface area contributed by atoms with Gasteiger partial charge in [0.05, 0.1) is 16.9 Å². The van der Waals surface area contributed by atoms with Crippen LogP contribution in [0, 0.1) is 11.7 Å². The monoisotopic (exact) mass is 390 g/mol. The Morgan fingerprint density at radius 1 is 1.44 bits per heavy atom. The average Bonchev–Trinajstić information content (AvgIpc) is 3.27. The van der Waals surface area contributed by atoms with Crippen molar-refractivity contribution >= 4 is 38.3 Å². The number of aromatic nitrogens is 2. The van der Waals surface area contributed by atoms with E-state index in [9.17, 15) is 9.59 Å². The van der Waals surface area contributed by atoms with Crippen LogP contribution in [-0.4, -0.2) is 35.2 Å². The van der Waals surface area contributed by atoms with E-state index < -0.39 is 16.8 Å². The number of aromatic amines is 1. The Bertz CT molecular complexity index is 1200. The summed E-state index contributed by atoms with van der Waals surface area (Å²) in [5, 5.41) is 0.271. The van der Waals surface area contributed by atoms with Gasteiger partial charge in [-0.3, -0.25) is 14.0 Å². The van der Waals surface area contributed by atoms with Crippen molar-refractivity contribution in [2.24, 2.45) is 11.7 Å². The lowest BCUT2D eigenvalue weighted by Gasteiger charge is -2.31. The molecule has 0 radical (unpaired) electrons. The second-order valence-electron chi connectivity index (χ2n) is 7.34. The fraction of sp³-hybridized carbons (Fsp3) is 0.444. The SMILES string of the molecule is C[C@H]1COc2c(N3CC[C@@H](CN)C3)c(F)cc3c(=O)c4c(=O)[nH]sc4n1c23. The van der Waals surface area contributed by atoms with Gasteiger partial charge in [0, 0.05) is 13.1 Å². The minimum atomic E-state index is -0.501. The molecule has 2 atom stereocenters. The number of hydrogen-bond donors (Lipinski definition) is 2. The predicted molar refractivity (Wildman–Crippen MR) is 104 cm³/mol. The number of halogens is 1. The lowest BCUT2D eigenvalue weighted by Crippen LogP contribution is -2.29. The number of benzene rings is 1. The summed E-state index contributed by atoms with van der Waals surface area (Å²) in [6.07, 6.45) is 0.898. The standard InChI is InChI=1S/C18H19FN4O3S/c1-8-7-26-16-13-10(15(24)12-17(25)21-27-18(12)23(8)13)4-11(19)14(16)22-3-2-9(5-20)6-22/h4,8-9H,2-3,5-7,20H2,1H3,(H,21,25)/t8-,9-/m0/s1. The Balaban J connectivity index is 1.89. The molecule has 1 saturated heterocycles. The summed E-state index contributed by atoms with van der Waals surface area (Å²) < 4.78 is 25.7. The van der Waals surface area contributed by atoms with Gasteiger partial charge in [-0.05, 0) is 43.4 Å². The van der Waals surface area contributed by atoms with Gasteiger partial charge >= 0.3 is 0 Å². The zero-order valence-corrected chi connectivity index (χ0v) is 15.6. The molecule has 0 amide bonds. The topological polar surface area (TPSA) is 93.3 Å². The van der Waals surface area contributed by atoms with Crippen LogP contribution in [0.4, 0.5) is 10.1 Å². The molecule has 9 heteroatoms. The first kappa shape index (κ1) is 16.8. The van der Waals surface area contributed by atoms with Crippen molar-refractivity contribution in [1.82, 2.24) is 8.94 Å². The third-order valence-corrected chi connectivity index (χ3v) is 6.52. The van der Waals surface area contributed by atoms with Crippen LogP contribution in [0.2, 0.25) is 0 Å². The highest BCUT2D eigenvalue weighted by Gasteiger charge is 2.33. The fourth-order valence-electron chi connectivity index (χ4n) is 4.28. The highest BCUT2D eigenvalue weighted by Crippen LogP contribution is 2.44. The molecule has 3 aromatic rings. The Morgan fingerprint density at radius 3 is 3.00 bits per heavy atom. The maximum absolute atomic E-state index is 15.1. The molecule has 0 aliphatic carbocycles. The van der Waals surface area contributed by atoms with Gasteiger partial charge in [0.1, 0.15) is 22.5 Å². The molecular weight excluding hydrogens is 371 g/mol. The van der Waals surface area contributed by atoms with Crippen molar-refractivity contribution in [3.63, 3.8) is 0 Å². The predicted octanol–water partition coefficient (Wildman–Crippen LogP) is 1.78. The van der Waals surface area contributed by atoms with E-state index in [1.54, 1.807) is 0 Å². The van der Waals surface area contributed by atoms with Crippen molar-refractivity contribution in [3.8, 4) is 5.75 Å². The van der Waals surface area contributed by atoms with Crippen LogP contribution in [-0.2, 0) is 0 Å². The largest absolute Gasteiger partial charge is 0.487 e. The van der Waals surface area contributed by atoms with Gasteiger partial charge in [-0.25, -0.2) is 4.39 Å². The number of nitrogens with one attached hydrogen (secondary N) is 1. The van der Waals surface area contributed by atoms with E-state index in [0.29, 0.717) is 53.9 Å². The first-order valence-corrected chi connectivity index (χ1v) is 9.82. The Hall–Kier alpha value is -2.39. The van der Waals surface area contributed by atoms with Crippen LogP contribution in [0.3, 0.4) is 0 Å². The van der Waals surface area contributed by atoms with Crippen LogP contribution >= 0.6 is 11.5 Å². The molecule has 1 fully saturated rings. The van der Waals surface area contributed by atoms with E-state index in [0.717, 1.165) is 18.0 Å². The van der Waals surface area contributed by atoms with Crippen LogP contribution in [0.25, 0.3) is 21.1 Å². The first-order valence-electron chi connectivity index (χ1n) is 9.01. The molecule has 4 heterocycles. The lowest BCUT2D eigenvalue weighted by atomic mass is 10.1. The minimum Gasteiger partial charge on any atom is -0.487 e. The molecule has 0 unspecified atom stereocenters. The number of H-pyrrole nitrogens is 1. The summed E-state index contributed by atoms with van der Waals surface area (Å²) in [7, 11) is 0. The molecule has 2 aliphatic heterocycles. The van der Waals surface area contributed by atoms with E-state index in [4.69, 9.17) is 10.5 Å². The summed E-state index contributed by atoms with van der Waals surface area (Å²) in [6, 6.07) is 1.17.